The van der Waals surface area contributed by atoms with Crippen molar-refractivity contribution in [2.24, 2.45) is 17.8 Å². The van der Waals surface area contributed by atoms with E-state index >= 15 is 0 Å². The number of aliphatic carboxylic acids is 1. The topological polar surface area (TPSA) is 57.6 Å². The average molecular weight is 265 g/mol. The van der Waals surface area contributed by atoms with E-state index in [0.29, 0.717) is 18.9 Å². The third-order valence-corrected chi connectivity index (χ3v) is 5.41. The molecule has 3 aliphatic rings. The predicted octanol–water partition coefficient (Wildman–Crippen LogP) is 2.28. The molecule has 1 saturated heterocycles. The van der Waals surface area contributed by atoms with Crippen LogP contribution in [0.1, 0.15) is 51.4 Å². The molecule has 1 N–H and O–H groups in total. The highest BCUT2D eigenvalue weighted by molar-refractivity contribution is 5.81. The fourth-order valence-corrected chi connectivity index (χ4v) is 4.39. The predicted molar refractivity (Wildman–Crippen MR) is 70.5 cm³/mol. The summed E-state index contributed by atoms with van der Waals surface area (Å²) >= 11 is 0. The van der Waals surface area contributed by atoms with Crippen LogP contribution in [0, 0.1) is 17.8 Å². The Morgan fingerprint density at radius 2 is 1.68 bits per heavy atom. The van der Waals surface area contributed by atoms with Gasteiger partial charge in [-0.1, -0.05) is 6.42 Å². The van der Waals surface area contributed by atoms with Crippen LogP contribution in [-0.2, 0) is 9.59 Å². The summed E-state index contributed by atoms with van der Waals surface area (Å²) in [5, 5.41) is 9.05. The van der Waals surface area contributed by atoms with Crippen molar-refractivity contribution in [2.45, 2.75) is 57.4 Å². The van der Waals surface area contributed by atoms with Gasteiger partial charge in [0.1, 0.15) is 0 Å². The smallest absolute Gasteiger partial charge is 0.306 e. The molecule has 3 fully saturated rings. The van der Waals surface area contributed by atoms with Crippen LogP contribution in [0.5, 0.6) is 0 Å². The minimum Gasteiger partial charge on any atom is -0.481 e. The van der Waals surface area contributed by atoms with Gasteiger partial charge >= 0.3 is 5.97 Å². The van der Waals surface area contributed by atoms with E-state index in [4.69, 9.17) is 5.11 Å². The molecule has 4 nitrogen and oxygen atoms in total. The molecule has 0 spiro atoms. The lowest BCUT2D eigenvalue weighted by Crippen LogP contribution is -2.48. The molecule has 1 heterocycles. The summed E-state index contributed by atoms with van der Waals surface area (Å²) in [6, 6.07) is 0.463. The van der Waals surface area contributed by atoms with E-state index < -0.39 is 5.97 Å². The molecular weight excluding hydrogens is 242 g/mol. The Morgan fingerprint density at radius 3 is 2.42 bits per heavy atom. The van der Waals surface area contributed by atoms with Gasteiger partial charge in [0.15, 0.2) is 0 Å². The number of carbonyl (C=O) groups is 2. The van der Waals surface area contributed by atoms with Crippen molar-refractivity contribution >= 4 is 11.9 Å². The first kappa shape index (κ1) is 12.9. The van der Waals surface area contributed by atoms with E-state index in [-0.39, 0.29) is 17.7 Å². The van der Waals surface area contributed by atoms with E-state index in [1.54, 1.807) is 0 Å². The van der Waals surface area contributed by atoms with Gasteiger partial charge in [0.05, 0.1) is 5.92 Å². The molecule has 2 saturated carbocycles. The van der Waals surface area contributed by atoms with Crippen molar-refractivity contribution in [3.63, 3.8) is 0 Å². The van der Waals surface area contributed by atoms with Crippen molar-refractivity contribution in [3.05, 3.63) is 0 Å². The van der Waals surface area contributed by atoms with Crippen LogP contribution in [0.15, 0.2) is 0 Å². The van der Waals surface area contributed by atoms with Gasteiger partial charge < -0.3 is 10.0 Å². The number of carboxylic acids is 1. The van der Waals surface area contributed by atoms with Crippen molar-refractivity contribution in [1.29, 1.82) is 0 Å². The second-order valence-corrected chi connectivity index (χ2v) is 6.48. The van der Waals surface area contributed by atoms with E-state index in [1.165, 1.54) is 19.3 Å². The monoisotopic (exact) mass is 265 g/mol. The SMILES string of the molecule is O=C(O)C1CCC(C(=O)N2CCCC3CCCC32)C1. The number of rotatable bonds is 2. The molecule has 3 rings (SSSR count). The average Bonchev–Trinajstić information content (AvgIpc) is 3.06. The molecule has 19 heavy (non-hydrogen) atoms. The van der Waals surface area contributed by atoms with Gasteiger partial charge in [0.25, 0.3) is 0 Å². The molecule has 0 radical (unpaired) electrons. The molecule has 4 atom stereocenters. The number of amides is 1. The lowest BCUT2D eigenvalue weighted by atomic mass is 9.90. The number of likely N-dealkylation sites (tertiary alicyclic amines) is 1. The Balaban J connectivity index is 1.65. The van der Waals surface area contributed by atoms with Gasteiger partial charge in [-0.25, -0.2) is 0 Å². The maximum atomic E-state index is 12.6. The molecule has 2 aliphatic carbocycles. The molecule has 1 amide bonds. The summed E-state index contributed by atoms with van der Waals surface area (Å²) < 4.78 is 0. The summed E-state index contributed by atoms with van der Waals surface area (Å²) in [6.07, 6.45) is 8.09. The summed E-state index contributed by atoms with van der Waals surface area (Å²) in [6.45, 7) is 0.897. The lowest BCUT2D eigenvalue weighted by molar-refractivity contribution is -0.142. The number of carboxylic acid groups (broad SMARTS) is 1. The molecule has 0 aromatic heterocycles. The number of hydrogen-bond acceptors (Lipinski definition) is 2. The summed E-state index contributed by atoms with van der Waals surface area (Å²) in [7, 11) is 0. The van der Waals surface area contributed by atoms with Crippen LogP contribution < -0.4 is 0 Å². The number of piperidine rings is 1. The number of fused-ring (bicyclic) bond motifs is 1. The van der Waals surface area contributed by atoms with E-state index in [0.717, 1.165) is 31.7 Å². The number of nitrogens with zero attached hydrogens (tertiary/aromatic N) is 1. The Labute approximate surface area is 114 Å². The molecule has 4 unspecified atom stereocenters. The Hall–Kier alpha value is -1.06. The molecule has 4 heteroatoms. The minimum absolute atomic E-state index is 0.0274. The number of hydrogen-bond donors (Lipinski definition) is 1. The molecule has 0 aromatic rings. The Bertz CT molecular complexity index is 382. The first-order chi connectivity index (χ1) is 9.16. The highest BCUT2D eigenvalue weighted by atomic mass is 16.4. The van der Waals surface area contributed by atoms with Crippen molar-refractivity contribution < 1.29 is 14.7 Å². The van der Waals surface area contributed by atoms with Crippen molar-refractivity contribution in [3.8, 4) is 0 Å². The first-order valence-corrected chi connectivity index (χ1v) is 7.70. The minimum atomic E-state index is -0.729. The molecular formula is C15H23NO3. The van der Waals surface area contributed by atoms with Crippen molar-refractivity contribution in [2.75, 3.05) is 6.54 Å². The largest absolute Gasteiger partial charge is 0.481 e. The van der Waals surface area contributed by atoms with Gasteiger partial charge in [0.2, 0.25) is 5.91 Å². The van der Waals surface area contributed by atoms with Crippen LogP contribution in [-0.4, -0.2) is 34.5 Å². The van der Waals surface area contributed by atoms with E-state index in [2.05, 4.69) is 4.90 Å². The van der Waals surface area contributed by atoms with Gasteiger partial charge in [-0.05, 0) is 50.9 Å². The second kappa shape index (κ2) is 5.14. The number of carbonyl (C=O) groups excluding carboxylic acids is 1. The third kappa shape index (κ3) is 2.37. The molecule has 0 bridgehead atoms. The maximum absolute atomic E-state index is 12.6. The lowest BCUT2D eigenvalue weighted by Gasteiger charge is -2.39. The zero-order valence-corrected chi connectivity index (χ0v) is 11.4. The molecule has 0 aromatic carbocycles. The second-order valence-electron chi connectivity index (χ2n) is 6.48. The van der Waals surface area contributed by atoms with Crippen LogP contribution >= 0.6 is 0 Å². The van der Waals surface area contributed by atoms with E-state index in [9.17, 15) is 9.59 Å². The highest BCUT2D eigenvalue weighted by Gasteiger charge is 2.42. The van der Waals surface area contributed by atoms with Crippen molar-refractivity contribution in [1.82, 2.24) is 4.90 Å². The molecule has 106 valence electrons. The van der Waals surface area contributed by atoms with Crippen LogP contribution in [0.3, 0.4) is 0 Å². The first-order valence-electron chi connectivity index (χ1n) is 7.70. The molecule has 1 aliphatic heterocycles. The van der Waals surface area contributed by atoms with E-state index in [1.807, 2.05) is 0 Å². The maximum Gasteiger partial charge on any atom is 0.306 e. The Morgan fingerprint density at radius 1 is 0.947 bits per heavy atom. The fourth-order valence-electron chi connectivity index (χ4n) is 4.39. The zero-order valence-electron chi connectivity index (χ0n) is 11.4. The Kier molecular flexibility index (Phi) is 3.50. The van der Waals surface area contributed by atoms with Crippen LogP contribution in [0.4, 0.5) is 0 Å². The van der Waals surface area contributed by atoms with Gasteiger partial charge in [-0.3, -0.25) is 9.59 Å². The summed E-state index contributed by atoms with van der Waals surface area (Å²) in [5.41, 5.74) is 0. The normalized spacial score (nSPS) is 38.2. The zero-order chi connectivity index (χ0) is 13.4. The highest BCUT2D eigenvalue weighted by Crippen LogP contribution is 2.39. The standard InChI is InChI=1S/C15H23NO3/c17-14(11-6-7-12(9-11)15(18)19)16-8-2-4-10-3-1-5-13(10)16/h10-13H,1-9H2,(H,18,19). The quantitative estimate of drug-likeness (QED) is 0.833. The van der Waals surface area contributed by atoms with Gasteiger partial charge in [-0.15, -0.1) is 0 Å². The summed E-state index contributed by atoms with van der Waals surface area (Å²) in [5.74, 6) is -0.0824. The summed E-state index contributed by atoms with van der Waals surface area (Å²) in [4.78, 5) is 25.8. The third-order valence-electron chi connectivity index (χ3n) is 5.41. The van der Waals surface area contributed by atoms with Crippen LogP contribution in [0.25, 0.3) is 0 Å². The fraction of sp³-hybridized carbons (Fsp3) is 0.867. The van der Waals surface area contributed by atoms with Gasteiger partial charge in [-0.2, -0.15) is 0 Å². The van der Waals surface area contributed by atoms with Crippen LogP contribution in [0.2, 0.25) is 0 Å². The van der Waals surface area contributed by atoms with Gasteiger partial charge in [0, 0.05) is 18.5 Å².